The molecule has 1 unspecified atom stereocenters. The summed E-state index contributed by atoms with van der Waals surface area (Å²) in [5.41, 5.74) is 3.53. The van der Waals surface area contributed by atoms with Gasteiger partial charge in [0.25, 0.3) is 0 Å². The number of benzene rings is 1. The lowest BCUT2D eigenvalue weighted by Gasteiger charge is -2.33. The summed E-state index contributed by atoms with van der Waals surface area (Å²) < 4.78 is 59.3. The van der Waals surface area contributed by atoms with Crippen LogP contribution >= 0.6 is 0 Å². The molecule has 1 aromatic carbocycles. The van der Waals surface area contributed by atoms with E-state index in [4.69, 9.17) is 4.74 Å². The monoisotopic (exact) mass is 510 g/mol. The predicted octanol–water partition coefficient (Wildman–Crippen LogP) is 3.52. The Hall–Kier alpha value is -1.42. The van der Waals surface area contributed by atoms with E-state index < -0.39 is 20.0 Å². The van der Waals surface area contributed by atoms with Gasteiger partial charge in [-0.15, -0.1) is 0 Å². The number of rotatable bonds is 8. The number of hydrogen-bond donors (Lipinski definition) is 0. The van der Waals surface area contributed by atoms with Gasteiger partial charge in [0.1, 0.15) is 11.9 Å². The average molecular weight is 511 g/mol. The molecule has 0 radical (unpaired) electrons. The molecule has 7 nitrogen and oxygen atoms in total. The van der Waals surface area contributed by atoms with Gasteiger partial charge in [-0.3, -0.25) is 0 Å². The van der Waals surface area contributed by atoms with Gasteiger partial charge in [0, 0.05) is 32.6 Å². The summed E-state index contributed by atoms with van der Waals surface area (Å²) in [6.45, 7) is 7.88. The summed E-state index contributed by atoms with van der Waals surface area (Å²) in [6.07, 6.45) is 6.01. The van der Waals surface area contributed by atoms with E-state index in [9.17, 15) is 16.8 Å². The van der Waals surface area contributed by atoms with Crippen LogP contribution in [0.3, 0.4) is 0 Å². The third-order valence-corrected chi connectivity index (χ3v) is 11.4. The summed E-state index contributed by atoms with van der Waals surface area (Å²) in [7, 11) is -6.33. The summed E-state index contributed by atoms with van der Waals surface area (Å²) in [5, 5.41) is 0. The van der Waals surface area contributed by atoms with Crippen LogP contribution in [0.4, 0.5) is 0 Å². The fraction of sp³-hybridized carbons (Fsp3) is 0.680. The van der Waals surface area contributed by atoms with E-state index in [2.05, 4.69) is 12.1 Å². The minimum absolute atomic E-state index is 0.0956. The lowest BCUT2D eigenvalue weighted by atomic mass is 9.89. The molecule has 3 aliphatic rings. The van der Waals surface area contributed by atoms with Crippen molar-refractivity contribution in [1.29, 1.82) is 0 Å². The normalized spacial score (nSPS) is 23.1. The molecule has 0 bridgehead atoms. The first-order chi connectivity index (χ1) is 16.1. The van der Waals surface area contributed by atoms with Crippen LogP contribution < -0.4 is 4.74 Å². The average Bonchev–Trinajstić information content (AvgIpc) is 3.22. The molecule has 0 N–H and O–H groups in total. The first-order valence-corrected chi connectivity index (χ1v) is 15.8. The molecular weight excluding hydrogens is 472 g/mol. The van der Waals surface area contributed by atoms with Gasteiger partial charge in [0.15, 0.2) is 0 Å². The van der Waals surface area contributed by atoms with Crippen molar-refractivity contribution < 1.29 is 21.6 Å². The zero-order chi connectivity index (χ0) is 24.5. The van der Waals surface area contributed by atoms with E-state index in [0.29, 0.717) is 44.9 Å². The molecule has 1 aromatic rings. The number of nitrogens with zero attached hydrogens (tertiary/aromatic N) is 2. The molecule has 3 aliphatic heterocycles. The lowest BCUT2D eigenvalue weighted by Crippen LogP contribution is -2.43. The number of sulfonamides is 2. The summed E-state index contributed by atoms with van der Waals surface area (Å²) in [5.74, 6) is 1.82. The maximum absolute atomic E-state index is 12.5. The van der Waals surface area contributed by atoms with Gasteiger partial charge in [0.05, 0.1) is 11.5 Å². The van der Waals surface area contributed by atoms with Crippen molar-refractivity contribution in [2.75, 3.05) is 37.7 Å². The summed E-state index contributed by atoms with van der Waals surface area (Å²) >= 11 is 0. The standard InChI is InChI=1S/C25H38N2O5S2/c1-4-15-33(28,29)26-13-9-21(10-14-26)25-17-23-16-22(5-6-24(23)32-25)20-7-11-27(12-8-20)34(30,31)18-19(2)3/h5-7,16,19,21,25H,4,8-15,17-18H2,1-3H3. The highest BCUT2D eigenvalue weighted by atomic mass is 32.2. The minimum Gasteiger partial charge on any atom is -0.490 e. The van der Waals surface area contributed by atoms with Gasteiger partial charge in [-0.05, 0) is 66.4 Å². The van der Waals surface area contributed by atoms with E-state index in [1.165, 1.54) is 11.1 Å². The Morgan fingerprint density at radius 3 is 2.38 bits per heavy atom. The van der Waals surface area contributed by atoms with Crippen molar-refractivity contribution in [1.82, 2.24) is 8.61 Å². The second-order valence-electron chi connectivity index (χ2n) is 10.2. The second kappa shape index (κ2) is 10.3. The zero-order valence-corrected chi connectivity index (χ0v) is 22.2. The van der Waals surface area contributed by atoms with Crippen molar-refractivity contribution in [3.05, 3.63) is 35.4 Å². The fourth-order valence-electron chi connectivity index (χ4n) is 5.34. The molecule has 4 rings (SSSR count). The highest BCUT2D eigenvalue weighted by Crippen LogP contribution is 2.38. The first kappa shape index (κ1) is 25.7. The van der Waals surface area contributed by atoms with Crippen LogP contribution in [0.5, 0.6) is 5.75 Å². The summed E-state index contributed by atoms with van der Waals surface area (Å²) in [4.78, 5) is 0. The van der Waals surface area contributed by atoms with E-state index in [1.807, 2.05) is 32.9 Å². The second-order valence-corrected chi connectivity index (χ2v) is 14.3. The first-order valence-electron chi connectivity index (χ1n) is 12.5. The molecule has 190 valence electrons. The van der Waals surface area contributed by atoms with E-state index in [1.54, 1.807) is 8.61 Å². The predicted molar refractivity (Wildman–Crippen MR) is 136 cm³/mol. The van der Waals surface area contributed by atoms with Gasteiger partial charge in [-0.1, -0.05) is 32.9 Å². The van der Waals surface area contributed by atoms with Crippen LogP contribution in [0.2, 0.25) is 0 Å². The molecule has 0 aliphatic carbocycles. The number of ether oxygens (including phenoxy) is 1. The quantitative estimate of drug-likeness (QED) is 0.534. The van der Waals surface area contributed by atoms with Crippen molar-refractivity contribution in [2.24, 2.45) is 11.8 Å². The van der Waals surface area contributed by atoms with Crippen LogP contribution in [-0.2, 0) is 26.5 Å². The smallest absolute Gasteiger partial charge is 0.214 e. The van der Waals surface area contributed by atoms with Crippen LogP contribution in [-0.4, -0.2) is 69.2 Å². The van der Waals surface area contributed by atoms with Crippen LogP contribution in [0.15, 0.2) is 24.3 Å². The highest BCUT2D eigenvalue weighted by Gasteiger charge is 2.35. The van der Waals surface area contributed by atoms with Crippen LogP contribution in [0.25, 0.3) is 5.57 Å². The molecule has 3 heterocycles. The van der Waals surface area contributed by atoms with Crippen LogP contribution in [0.1, 0.15) is 57.6 Å². The molecular formula is C25H38N2O5S2. The zero-order valence-electron chi connectivity index (χ0n) is 20.6. The van der Waals surface area contributed by atoms with Gasteiger partial charge in [-0.2, -0.15) is 4.31 Å². The Morgan fingerprint density at radius 2 is 1.76 bits per heavy atom. The molecule has 1 atom stereocenters. The van der Waals surface area contributed by atoms with Gasteiger partial charge >= 0.3 is 0 Å². The van der Waals surface area contributed by atoms with E-state index >= 15 is 0 Å². The Labute approximate surface area is 205 Å². The lowest BCUT2D eigenvalue weighted by molar-refractivity contribution is 0.116. The fourth-order valence-corrected chi connectivity index (χ4v) is 8.61. The molecule has 0 aromatic heterocycles. The van der Waals surface area contributed by atoms with Gasteiger partial charge < -0.3 is 4.74 Å². The Kier molecular flexibility index (Phi) is 7.77. The molecule has 34 heavy (non-hydrogen) atoms. The number of hydrogen-bond acceptors (Lipinski definition) is 5. The maximum atomic E-state index is 12.5. The SMILES string of the molecule is CCCS(=O)(=O)N1CCC(C2Cc3cc(C4=CCN(S(=O)(=O)CC(C)C)CC4)ccc3O2)CC1. The third kappa shape index (κ3) is 5.69. The Balaban J connectivity index is 1.36. The van der Waals surface area contributed by atoms with Gasteiger partial charge in [0.2, 0.25) is 20.0 Å². The van der Waals surface area contributed by atoms with Crippen LogP contribution in [0, 0.1) is 11.8 Å². The molecule has 0 spiro atoms. The topological polar surface area (TPSA) is 84.0 Å². The van der Waals surface area contributed by atoms with Crippen molar-refractivity contribution in [3.63, 3.8) is 0 Å². The van der Waals surface area contributed by atoms with E-state index in [-0.39, 0.29) is 23.5 Å². The largest absolute Gasteiger partial charge is 0.490 e. The number of piperidine rings is 1. The third-order valence-electron chi connectivity index (χ3n) is 7.12. The van der Waals surface area contributed by atoms with Crippen molar-refractivity contribution in [3.8, 4) is 5.75 Å². The van der Waals surface area contributed by atoms with Gasteiger partial charge in [-0.25, -0.2) is 21.1 Å². The molecule has 1 fully saturated rings. The molecule has 1 saturated heterocycles. The highest BCUT2D eigenvalue weighted by molar-refractivity contribution is 7.89. The molecule has 0 saturated carbocycles. The maximum Gasteiger partial charge on any atom is 0.214 e. The van der Waals surface area contributed by atoms with Crippen molar-refractivity contribution >= 4 is 25.6 Å². The molecule has 9 heteroatoms. The minimum atomic E-state index is -3.21. The molecule has 0 amide bonds. The summed E-state index contributed by atoms with van der Waals surface area (Å²) in [6, 6.07) is 6.31. The Bertz CT molecular complexity index is 1120. The number of fused-ring (bicyclic) bond motifs is 1. The van der Waals surface area contributed by atoms with Crippen molar-refractivity contribution in [2.45, 2.75) is 59.0 Å². The Morgan fingerprint density at radius 1 is 1.03 bits per heavy atom. The van der Waals surface area contributed by atoms with E-state index in [0.717, 1.165) is 30.6 Å².